The second kappa shape index (κ2) is 7.27. The van der Waals surface area contributed by atoms with Gasteiger partial charge in [0.25, 0.3) is 0 Å². The summed E-state index contributed by atoms with van der Waals surface area (Å²) >= 11 is 0. The number of hydrogen-bond donors (Lipinski definition) is 1. The largest absolute Gasteiger partial charge is 1.00 e. The van der Waals surface area contributed by atoms with Gasteiger partial charge in [-0.3, -0.25) is 0 Å². The van der Waals surface area contributed by atoms with Crippen LogP contribution in [0.25, 0.3) is 0 Å². The van der Waals surface area contributed by atoms with Crippen molar-refractivity contribution in [3.63, 3.8) is 0 Å². The molecule has 4 nitrogen and oxygen atoms in total. The van der Waals surface area contributed by atoms with Gasteiger partial charge in [-0.1, -0.05) is 0 Å². The average Bonchev–Trinajstić information content (AvgIpc) is 2.26. The van der Waals surface area contributed by atoms with E-state index in [1.165, 1.54) is 36.1 Å². The summed E-state index contributed by atoms with van der Waals surface area (Å²) < 4.78 is 65.0. The fourth-order valence-electron chi connectivity index (χ4n) is 1.04. The van der Waals surface area contributed by atoms with Crippen molar-refractivity contribution in [1.29, 1.82) is 0 Å². The van der Waals surface area contributed by atoms with E-state index in [0.29, 0.717) is 5.75 Å². The van der Waals surface area contributed by atoms with Gasteiger partial charge >= 0.3 is 58.4 Å². The topological polar surface area (TPSA) is 55.4 Å². The third-order valence-electron chi connectivity index (χ3n) is 1.87. The van der Waals surface area contributed by atoms with E-state index in [1.807, 2.05) is 0 Å². The van der Waals surface area contributed by atoms with E-state index in [0.717, 1.165) is 0 Å². The summed E-state index contributed by atoms with van der Waals surface area (Å²) in [6, 6.07) is 5.05. The van der Waals surface area contributed by atoms with Gasteiger partial charge in [0.2, 0.25) is 10.0 Å². The van der Waals surface area contributed by atoms with E-state index in [1.54, 1.807) is 0 Å². The van der Waals surface area contributed by atoms with Crippen LogP contribution in [0.3, 0.4) is 0 Å². The molecule has 0 aliphatic heterocycles. The van der Waals surface area contributed by atoms with Crippen molar-refractivity contribution in [2.45, 2.75) is 4.90 Å². The maximum atomic E-state index is 11.9. The number of methoxy groups -OCH3 is 1. The SMILES string of the molecule is COc1ccc(S(=O)(=O)NC[B-](F)(F)F)cc1.[K+]. The van der Waals surface area contributed by atoms with Crippen molar-refractivity contribution in [3.8, 4) is 5.75 Å². The Hall–Kier alpha value is 0.421. The molecule has 1 aromatic carbocycles. The third kappa shape index (κ3) is 6.04. The fourth-order valence-corrected chi connectivity index (χ4v) is 2.11. The van der Waals surface area contributed by atoms with E-state index in [-0.39, 0.29) is 56.3 Å². The molecule has 0 bridgehead atoms. The van der Waals surface area contributed by atoms with Gasteiger partial charge in [-0.2, -0.15) is 0 Å². The molecule has 96 valence electrons. The smallest absolute Gasteiger partial charge is 0.497 e. The molecule has 10 heteroatoms. The van der Waals surface area contributed by atoms with Crippen LogP contribution in [0.5, 0.6) is 5.75 Å². The predicted molar refractivity (Wildman–Crippen MR) is 57.3 cm³/mol. The molecular formula is C8H10BF3KNO3S. The minimum atomic E-state index is -5.19. The minimum absolute atomic E-state index is 0. The van der Waals surface area contributed by atoms with Crippen molar-refractivity contribution in [3.05, 3.63) is 24.3 Å². The van der Waals surface area contributed by atoms with Crippen LogP contribution in [-0.4, -0.2) is 28.9 Å². The summed E-state index contributed by atoms with van der Waals surface area (Å²) in [5.41, 5.74) is 0. The van der Waals surface area contributed by atoms with E-state index in [9.17, 15) is 21.4 Å². The molecular weight excluding hydrogens is 297 g/mol. The molecule has 1 aromatic rings. The zero-order valence-corrected chi connectivity index (χ0v) is 13.8. The Bertz CT molecular complexity index is 477. The van der Waals surface area contributed by atoms with Crippen molar-refractivity contribution in [2.75, 3.05) is 13.6 Å². The molecule has 0 amide bonds. The number of hydrogen-bond acceptors (Lipinski definition) is 3. The molecule has 0 aliphatic carbocycles. The molecule has 0 heterocycles. The maximum absolute atomic E-state index is 11.9. The Morgan fingerprint density at radius 1 is 1.22 bits per heavy atom. The second-order valence-corrected chi connectivity index (χ2v) is 5.00. The quantitative estimate of drug-likeness (QED) is 0.664. The van der Waals surface area contributed by atoms with Gasteiger partial charge in [0, 0.05) is 0 Å². The summed E-state index contributed by atoms with van der Waals surface area (Å²) in [4.78, 5) is -0.238. The molecule has 0 saturated carbocycles. The van der Waals surface area contributed by atoms with Crippen molar-refractivity contribution in [2.24, 2.45) is 0 Å². The van der Waals surface area contributed by atoms with Gasteiger partial charge in [0.1, 0.15) is 5.75 Å². The second-order valence-electron chi connectivity index (χ2n) is 3.24. The number of sulfonamides is 1. The van der Waals surface area contributed by atoms with Crippen LogP contribution in [0.2, 0.25) is 0 Å². The minimum Gasteiger partial charge on any atom is -0.497 e. The van der Waals surface area contributed by atoms with Gasteiger partial charge in [0.05, 0.1) is 12.0 Å². The summed E-state index contributed by atoms with van der Waals surface area (Å²) in [6.07, 6.45) is -1.53. The molecule has 0 unspecified atom stereocenters. The summed E-state index contributed by atoms with van der Waals surface area (Å²) in [5, 5.41) is 0. The van der Waals surface area contributed by atoms with Crippen LogP contribution < -0.4 is 60.8 Å². The van der Waals surface area contributed by atoms with Gasteiger partial charge in [-0.15, -0.1) is 0 Å². The first kappa shape index (κ1) is 18.4. The van der Waals surface area contributed by atoms with Crippen LogP contribution >= 0.6 is 0 Å². The van der Waals surface area contributed by atoms with Crippen molar-refractivity contribution < 1.29 is 77.5 Å². The average molecular weight is 307 g/mol. The molecule has 0 spiro atoms. The molecule has 0 fully saturated rings. The summed E-state index contributed by atoms with van der Waals surface area (Å²) in [7, 11) is -2.73. The molecule has 0 aromatic heterocycles. The first-order valence-electron chi connectivity index (χ1n) is 4.59. The molecule has 0 radical (unpaired) electrons. The first-order valence-corrected chi connectivity index (χ1v) is 6.07. The van der Waals surface area contributed by atoms with E-state index >= 15 is 0 Å². The third-order valence-corrected chi connectivity index (χ3v) is 3.31. The number of halogens is 3. The monoisotopic (exact) mass is 307 g/mol. The predicted octanol–water partition coefficient (Wildman–Crippen LogP) is -1.64. The van der Waals surface area contributed by atoms with E-state index in [4.69, 9.17) is 4.74 Å². The van der Waals surface area contributed by atoms with Gasteiger partial charge in [-0.05, 0) is 30.7 Å². The Kier molecular flexibility index (Phi) is 7.44. The van der Waals surface area contributed by atoms with Crippen LogP contribution in [0, 0.1) is 0 Å². The van der Waals surface area contributed by atoms with E-state index in [2.05, 4.69) is 0 Å². The summed E-state index contributed by atoms with van der Waals surface area (Å²) in [5.74, 6) is 0.420. The summed E-state index contributed by atoms with van der Waals surface area (Å²) in [6.45, 7) is -5.19. The molecule has 0 saturated heterocycles. The Morgan fingerprint density at radius 2 is 1.72 bits per heavy atom. The normalized spacial score (nSPS) is 11.8. The van der Waals surface area contributed by atoms with E-state index < -0.39 is 23.4 Å². The molecule has 1 rings (SSSR count). The van der Waals surface area contributed by atoms with Crippen LogP contribution in [0.15, 0.2) is 29.2 Å². The van der Waals surface area contributed by atoms with Crippen molar-refractivity contribution >= 4 is 17.0 Å². The Balaban J connectivity index is 0.00000289. The molecule has 0 aliphatic rings. The van der Waals surface area contributed by atoms with Gasteiger partial charge in [0.15, 0.2) is 0 Å². The van der Waals surface area contributed by atoms with Crippen molar-refractivity contribution in [1.82, 2.24) is 4.72 Å². The molecule has 0 atom stereocenters. The zero-order valence-electron chi connectivity index (χ0n) is 9.86. The first-order chi connectivity index (χ1) is 7.74. The zero-order chi connectivity index (χ0) is 13.1. The fraction of sp³-hybridized carbons (Fsp3) is 0.250. The van der Waals surface area contributed by atoms with Crippen LogP contribution in [0.4, 0.5) is 12.9 Å². The van der Waals surface area contributed by atoms with Gasteiger partial charge in [-0.25, -0.2) is 13.1 Å². The standard InChI is InChI=1S/C8H10BF3NO3S.K/c1-16-7-2-4-8(5-3-7)17(14,15)13-6-9(10,11)12;/h2-5,13H,6H2,1H3;/q-1;+1. The van der Waals surface area contributed by atoms with Gasteiger partial charge < -0.3 is 17.7 Å². The van der Waals surface area contributed by atoms with Crippen LogP contribution in [0.1, 0.15) is 0 Å². The Labute approximate surface area is 146 Å². The molecule has 1 N–H and O–H groups in total. The number of ether oxygens (including phenoxy) is 1. The van der Waals surface area contributed by atoms with Crippen LogP contribution in [-0.2, 0) is 10.0 Å². The maximum Gasteiger partial charge on any atom is 1.00 e. The number of nitrogens with one attached hydrogen (secondary N) is 1. The molecule has 18 heavy (non-hydrogen) atoms. The number of benzene rings is 1. The number of rotatable bonds is 5. The Morgan fingerprint density at radius 3 is 2.11 bits per heavy atom.